The molecule has 29 nitrogen and oxygen atoms in total. The van der Waals surface area contributed by atoms with E-state index in [9.17, 15) is 73.8 Å². The lowest BCUT2D eigenvalue weighted by Gasteiger charge is -2.51. The number of benzene rings is 2. The van der Waals surface area contributed by atoms with Crippen molar-refractivity contribution in [3.05, 3.63) is 59.9 Å². The minimum absolute atomic E-state index is 0.0295. The number of nitrogens with zero attached hydrogens (tertiary/aromatic N) is 8. The summed E-state index contributed by atoms with van der Waals surface area (Å²) in [5, 5.41) is 28.5. The lowest BCUT2D eigenvalue weighted by atomic mass is 9.61. The second-order valence-corrected chi connectivity index (χ2v) is 39.1. The van der Waals surface area contributed by atoms with Crippen LogP contribution in [0.5, 0.6) is 11.5 Å². The minimum atomic E-state index is -3.66. The zero-order valence-electron chi connectivity index (χ0n) is 67.7. The molecule has 2 aromatic carbocycles. The van der Waals surface area contributed by atoms with Gasteiger partial charge in [-0.15, -0.1) is 0 Å². The molecule has 0 aromatic heterocycles. The van der Waals surface area contributed by atoms with E-state index in [4.69, 9.17) is 41.5 Å². The first-order chi connectivity index (χ1) is 50.3. The van der Waals surface area contributed by atoms with E-state index in [-0.39, 0.29) is 74.7 Å². The van der Waals surface area contributed by atoms with Crippen molar-refractivity contribution in [3.8, 4) is 29.7 Å². The molecule has 5 saturated heterocycles. The van der Waals surface area contributed by atoms with Gasteiger partial charge in [-0.3, -0.25) is 12.5 Å². The third kappa shape index (κ3) is 34.6. The molecule has 5 amide bonds. The van der Waals surface area contributed by atoms with Crippen LogP contribution in [-0.2, 0) is 66.6 Å². The van der Waals surface area contributed by atoms with E-state index in [1.54, 1.807) is 68.4 Å². The molecule has 8 rings (SSSR count). The van der Waals surface area contributed by atoms with E-state index < -0.39 is 105 Å². The Labute approximate surface area is 651 Å². The second-order valence-electron chi connectivity index (χ2n) is 34.2. The van der Waals surface area contributed by atoms with Crippen LogP contribution in [0.15, 0.2) is 48.5 Å². The average Bonchev–Trinajstić information content (AvgIpc) is 0.768. The molecule has 34 heteroatoms. The number of para-hydroxylation sites is 2. The molecule has 6 fully saturated rings. The van der Waals surface area contributed by atoms with Gasteiger partial charge in [-0.2, -0.15) is 41.0 Å². The van der Waals surface area contributed by atoms with Gasteiger partial charge in [0, 0.05) is 78.3 Å². The van der Waals surface area contributed by atoms with Crippen LogP contribution in [0.25, 0.3) is 0 Å². The largest absolute Gasteiger partial charge is 0.492 e. The number of carbonyl (C=O) groups excluding carboxylic acids is 5. The van der Waals surface area contributed by atoms with Gasteiger partial charge in [0.05, 0.1) is 65.9 Å². The fraction of sp³-hybridized carbons (Fsp3) is 0.737. The van der Waals surface area contributed by atoms with Crippen LogP contribution in [-0.4, -0.2) is 231 Å². The van der Waals surface area contributed by atoms with E-state index in [0.29, 0.717) is 97.5 Å². The fourth-order valence-corrected chi connectivity index (χ4v) is 13.5. The Kier molecular flexibility index (Phi) is 33.4. The van der Waals surface area contributed by atoms with Crippen LogP contribution < -0.4 is 9.47 Å². The number of halogens is 2. The topological polar surface area (TPSA) is 368 Å². The highest BCUT2D eigenvalue weighted by molar-refractivity contribution is 7.86. The number of piperidine rings is 5. The van der Waals surface area contributed by atoms with Crippen molar-refractivity contribution in [2.45, 2.75) is 228 Å². The lowest BCUT2D eigenvalue weighted by molar-refractivity contribution is -0.0556. The minimum Gasteiger partial charge on any atom is -0.492 e. The van der Waals surface area contributed by atoms with E-state index >= 15 is 0 Å². The fourth-order valence-electron chi connectivity index (χ4n) is 12.0. The number of likely N-dealkylation sites (tertiary alicyclic amines) is 5. The summed E-state index contributed by atoms with van der Waals surface area (Å²) >= 11 is 0. The number of nitriles is 3. The van der Waals surface area contributed by atoms with Crippen molar-refractivity contribution >= 4 is 60.8 Å². The summed E-state index contributed by atoms with van der Waals surface area (Å²) in [4.78, 5) is 67.9. The summed E-state index contributed by atoms with van der Waals surface area (Å²) in [6, 6.07) is 20.7. The second kappa shape index (κ2) is 38.8. The highest BCUT2D eigenvalue weighted by atomic mass is 32.2. The lowest BCUT2D eigenvalue weighted by Crippen LogP contribution is -2.52. The van der Waals surface area contributed by atoms with E-state index in [0.717, 1.165) is 55.8 Å². The molecule has 0 N–H and O–H groups in total. The SMILES string of the molecule is CC(C)(C)OC(=O)N1CCC(C#N)(COS(C)(=O)=O)CC1.CC(C)(C)OC(=O)N1CCC(C#N)(COc2ccccc2F)CC1.CC(C)(C)OC(=O)N1CCC(F)(COS(C)(=O)=O)CC1.CC(C)(C)OC(=O)N1CCC2(CC1)CC(OS(C)(=O)=O)C2.Cc1ccccc1OCC1(C#N)CCN(C(=O)OC(C)(C)C)CC1. The maximum absolute atomic E-state index is 14.3. The molecule has 5 aliphatic heterocycles. The molecule has 0 atom stereocenters. The third-order valence-corrected chi connectivity index (χ3v) is 20.0. The Morgan fingerprint density at radius 2 is 0.691 bits per heavy atom. The summed E-state index contributed by atoms with van der Waals surface area (Å²) in [5.74, 6) is 0.500. The molecule has 6 aliphatic rings. The number of rotatable bonds is 14. The van der Waals surface area contributed by atoms with Gasteiger partial charge in [0.25, 0.3) is 30.4 Å². The van der Waals surface area contributed by atoms with Gasteiger partial charge in [0.1, 0.15) is 59.2 Å². The van der Waals surface area contributed by atoms with E-state index in [1.165, 1.54) is 21.9 Å². The number of ether oxygens (including phenoxy) is 7. The first-order valence-electron chi connectivity index (χ1n) is 36.8. The Morgan fingerprint density at radius 3 is 0.982 bits per heavy atom. The molecule has 0 unspecified atom stereocenters. The quantitative estimate of drug-likeness (QED) is 0.125. The molecule has 1 saturated carbocycles. The van der Waals surface area contributed by atoms with Gasteiger partial charge < -0.3 is 57.7 Å². The first kappa shape index (κ1) is 94.8. The molecule has 1 spiro atoms. The summed E-state index contributed by atoms with van der Waals surface area (Å²) in [6.45, 7) is 33.2. The Balaban J connectivity index is 0.000000291. The van der Waals surface area contributed by atoms with Crippen molar-refractivity contribution in [2.24, 2.45) is 21.7 Å². The van der Waals surface area contributed by atoms with E-state index in [2.05, 4.69) is 22.4 Å². The zero-order chi connectivity index (χ0) is 83.4. The molecule has 5 heterocycles. The Hall–Kier alpha value is -7.55. The average molecular weight is 1610 g/mol. The number of alkyl halides is 1. The molecule has 0 radical (unpaired) electrons. The van der Waals surface area contributed by atoms with Crippen molar-refractivity contribution in [2.75, 3.05) is 111 Å². The monoisotopic (exact) mass is 1610 g/mol. The van der Waals surface area contributed by atoms with Crippen molar-refractivity contribution in [3.63, 3.8) is 0 Å². The number of hydrogen-bond acceptors (Lipinski definition) is 24. The number of carbonyl (C=O) groups is 5. The molecule has 110 heavy (non-hydrogen) atoms. The molecule has 1 aliphatic carbocycles. The molecular formula is C76H118F2N8O21S3. The molecule has 2 aromatic rings. The molecular weight excluding hydrogens is 1500 g/mol. The van der Waals surface area contributed by atoms with Gasteiger partial charge in [0.15, 0.2) is 11.6 Å². The Bertz CT molecular complexity index is 3760. The predicted octanol–water partition coefficient (Wildman–Crippen LogP) is 13.0. The third-order valence-electron chi connectivity index (χ3n) is 18.3. The van der Waals surface area contributed by atoms with E-state index in [1.807, 2.05) is 93.5 Å². The first-order valence-corrected chi connectivity index (χ1v) is 42.2. The predicted molar refractivity (Wildman–Crippen MR) is 405 cm³/mol. The highest BCUT2D eigenvalue weighted by Gasteiger charge is 2.49. The van der Waals surface area contributed by atoms with Crippen molar-refractivity contribution < 1.29 is 104 Å². The highest BCUT2D eigenvalue weighted by Crippen LogP contribution is 2.51. The summed E-state index contributed by atoms with van der Waals surface area (Å²) in [5.41, 5.74) is -5.36. The van der Waals surface area contributed by atoms with Crippen LogP contribution in [0.1, 0.15) is 186 Å². The van der Waals surface area contributed by atoms with Crippen LogP contribution >= 0.6 is 0 Å². The van der Waals surface area contributed by atoms with Gasteiger partial charge in [0.2, 0.25) is 0 Å². The Morgan fingerprint density at radius 1 is 0.418 bits per heavy atom. The molecule has 620 valence electrons. The zero-order valence-corrected chi connectivity index (χ0v) is 70.2. The van der Waals surface area contributed by atoms with Gasteiger partial charge in [-0.25, -0.2) is 32.8 Å². The van der Waals surface area contributed by atoms with Gasteiger partial charge in [-0.1, -0.05) is 30.3 Å². The van der Waals surface area contributed by atoms with Crippen LogP contribution in [0.3, 0.4) is 0 Å². The number of amides is 5. The van der Waals surface area contributed by atoms with Crippen LogP contribution in [0.2, 0.25) is 0 Å². The maximum atomic E-state index is 14.3. The smallest absolute Gasteiger partial charge is 0.410 e. The van der Waals surface area contributed by atoms with Crippen LogP contribution in [0, 0.1) is 68.4 Å². The normalized spacial score (nSPS) is 19.0. The van der Waals surface area contributed by atoms with Crippen molar-refractivity contribution in [1.82, 2.24) is 24.5 Å². The summed E-state index contributed by atoms with van der Waals surface area (Å²) in [6.07, 6.45) is 7.09. The number of hydrogen-bond donors (Lipinski definition) is 0. The summed E-state index contributed by atoms with van der Waals surface area (Å²) in [7, 11) is -10.6. The maximum Gasteiger partial charge on any atom is 0.410 e. The van der Waals surface area contributed by atoms with Crippen LogP contribution in [0.4, 0.5) is 32.8 Å². The van der Waals surface area contributed by atoms with Gasteiger partial charge >= 0.3 is 30.5 Å². The summed E-state index contributed by atoms with van der Waals surface area (Å²) < 4.78 is 146. The number of aryl methyl sites for hydroxylation is 1. The standard InChI is InChI=1S/C19H26N2O3.C18H23FN2O3.C14H25NO5S.C13H22N2O5S.C12H22FNO5S/c1-15-7-5-6-8-16(15)23-14-19(13-20)9-11-21(12-10-19)17(22)24-18(2,3)4;1-17(2,3)24-16(22)21-10-8-18(12-20,9-11-21)13-23-15-7-5-4-6-14(15)19;1-13(2,3)19-12(16)15-7-5-14(6-8-15)9-11(10-14)20-21(4,17)18;1-12(2,3)20-11(16)15-7-5-13(9-14,6-8-15)10-19-21(4,17)18;1-11(2,3)19-10(15)14-7-5-12(13,6-8-14)9-18-20(4,16)17/h5-8H,9-12,14H2,1-4H3;4-7H,8-11,13H2,1-3H3;11H,5-10H2,1-4H3;5-8,10H2,1-4H3;5-9H2,1-4H3. The van der Waals surface area contributed by atoms with Gasteiger partial charge in [-0.05, 0) is 204 Å². The van der Waals surface area contributed by atoms with Crippen molar-refractivity contribution in [1.29, 1.82) is 15.8 Å². The molecule has 0 bridgehead atoms.